The maximum Gasteiger partial charge on any atom is 0.239 e. The second-order valence-electron chi connectivity index (χ2n) is 3.50. The van der Waals surface area contributed by atoms with Gasteiger partial charge in [0.25, 0.3) is 0 Å². The summed E-state index contributed by atoms with van der Waals surface area (Å²) in [5, 5.41) is 0. The van der Waals surface area contributed by atoms with Crippen LogP contribution in [0.15, 0.2) is 12.3 Å². The molecule has 1 fully saturated rings. The zero-order valence-corrected chi connectivity index (χ0v) is 9.50. The Bertz CT molecular complexity index is 332. The van der Waals surface area contributed by atoms with Gasteiger partial charge >= 0.3 is 0 Å². The van der Waals surface area contributed by atoms with Crippen molar-refractivity contribution in [2.24, 2.45) is 5.84 Å². The van der Waals surface area contributed by atoms with Crippen LogP contribution in [0.4, 0.5) is 11.8 Å². The van der Waals surface area contributed by atoms with Crippen LogP contribution in [0, 0.1) is 0 Å². The number of hydrogen-bond acceptors (Lipinski definition) is 6. The number of thioether (sulfide) groups is 1. The van der Waals surface area contributed by atoms with E-state index in [2.05, 4.69) is 27.2 Å². The van der Waals surface area contributed by atoms with Crippen molar-refractivity contribution in [3.63, 3.8) is 0 Å². The van der Waals surface area contributed by atoms with Crippen LogP contribution in [0.25, 0.3) is 0 Å². The summed E-state index contributed by atoms with van der Waals surface area (Å²) in [6, 6.07) is 2.44. The Morgan fingerprint density at radius 1 is 1.67 bits per heavy atom. The number of anilines is 2. The van der Waals surface area contributed by atoms with Crippen LogP contribution in [0.2, 0.25) is 0 Å². The molecule has 0 aliphatic carbocycles. The monoisotopic (exact) mass is 225 g/mol. The Balaban J connectivity index is 2.19. The van der Waals surface area contributed by atoms with Crippen LogP contribution < -0.4 is 16.2 Å². The van der Waals surface area contributed by atoms with Crippen molar-refractivity contribution >= 4 is 23.5 Å². The van der Waals surface area contributed by atoms with Crippen molar-refractivity contribution in [1.29, 1.82) is 0 Å². The van der Waals surface area contributed by atoms with Crippen molar-refractivity contribution in [2.45, 2.75) is 13.0 Å². The van der Waals surface area contributed by atoms with E-state index in [1.165, 1.54) is 0 Å². The Labute approximate surface area is 93.4 Å². The maximum atomic E-state index is 5.29. The van der Waals surface area contributed by atoms with Crippen molar-refractivity contribution in [1.82, 2.24) is 9.97 Å². The molecule has 1 saturated heterocycles. The van der Waals surface area contributed by atoms with E-state index >= 15 is 0 Å². The summed E-state index contributed by atoms with van der Waals surface area (Å²) in [6.45, 7) is 3.25. The van der Waals surface area contributed by atoms with Gasteiger partial charge in [0.05, 0.1) is 0 Å². The zero-order valence-electron chi connectivity index (χ0n) is 8.68. The van der Waals surface area contributed by atoms with E-state index in [0.717, 1.165) is 23.9 Å². The predicted octanol–water partition coefficient (Wildman–Crippen LogP) is 0.704. The van der Waals surface area contributed by atoms with Gasteiger partial charge in [-0.15, -0.1) is 0 Å². The standard InChI is InChI=1S/C9H15N5S/c1-7-6-15-5-4-14(7)8-2-3-11-9(12-8)13-10/h2-3,7H,4-6,10H2,1H3,(H,11,12,13). The van der Waals surface area contributed by atoms with Crippen LogP contribution in [0.3, 0.4) is 0 Å². The molecule has 15 heavy (non-hydrogen) atoms. The Kier molecular flexibility index (Phi) is 3.27. The lowest BCUT2D eigenvalue weighted by Crippen LogP contribution is -2.41. The molecule has 0 amide bonds. The van der Waals surface area contributed by atoms with Crippen LogP contribution in [-0.4, -0.2) is 34.1 Å². The fourth-order valence-electron chi connectivity index (χ4n) is 1.65. The average molecular weight is 225 g/mol. The highest BCUT2D eigenvalue weighted by molar-refractivity contribution is 7.99. The minimum Gasteiger partial charge on any atom is -0.352 e. The van der Waals surface area contributed by atoms with Gasteiger partial charge in [0.1, 0.15) is 5.82 Å². The van der Waals surface area contributed by atoms with E-state index in [9.17, 15) is 0 Å². The summed E-state index contributed by atoms with van der Waals surface area (Å²) in [5.41, 5.74) is 2.47. The van der Waals surface area contributed by atoms with Crippen LogP contribution in [0.1, 0.15) is 6.92 Å². The number of hydrazine groups is 1. The number of aromatic nitrogens is 2. The minimum absolute atomic E-state index is 0.470. The summed E-state index contributed by atoms with van der Waals surface area (Å²) in [7, 11) is 0. The van der Waals surface area contributed by atoms with Gasteiger partial charge in [-0.05, 0) is 13.0 Å². The van der Waals surface area contributed by atoms with Crippen LogP contribution >= 0.6 is 11.8 Å². The molecule has 0 aromatic carbocycles. The van der Waals surface area contributed by atoms with Crippen molar-refractivity contribution in [3.8, 4) is 0 Å². The number of nitrogens with zero attached hydrogens (tertiary/aromatic N) is 3. The van der Waals surface area contributed by atoms with Crippen LogP contribution in [0.5, 0.6) is 0 Å². The van der Waals surface area contributed by atoms with Gasteiger partial charge in [0.2, 0.25) is 5.95 Å². The first-order valence-corrected chi connectivity index (χ1v) is 6.11. The smallest absolute Gasteiger partial charge is 0.239 e. The first kappa shape index (κ1) is 10.5. The molecular weight excluding hydrogens is 210 g/mol. The Morgan fingerprint density at radius 2 is 2.53 bits per heavy atom. The molecule has 0 bridgehead atoms. The van der Waals surface area contributed by atoms with E-state index < -0.39 is 0 Å². The van der Waals surface area contributed by atoms with E-state index in [1.807, 2.05) is 17.8 Å². The zero-order chi connectivity index (χ0) is 10.7. The third-order valence-electron chi connectivity index (χ3n) is 2.43. The molecule has 0 saturated carbocycles. The first-order valence-electron chi connectivity index (χ1n) is 4.95. The number of nitrogens with two attached hydrogens (primary N) is 1. The molecule has 1 aromatic heterocycles. The summed E-state index contributed by atoms with van der Waals surface area (Å²) < 4.78 is 0. The summed E-state index contributed by atoms with van der Waals surface area (Å²) >= 11 is 1.99. The van der Waals surface area contributed by atoms with Gasteiger partial charge in [-0.1, -0.05) is 0 Å². The molecule has 1 atom stereocenters. The third kappa shape index (κ3) is 2.32. The molecule has 1 aliphatic rings. The molecule has 1 aliphatic heterocycles. The van der Waals surface area contributed by atoms with Gasteiger partial charge < -0.3 is 4.90 Å². The summed E-state index contributed by atoms with van der Waals surface area (Å²) in [6.07, 6.45) is 1.73. The molecule has 5 nitrogen and oxygen atoms in total. The molecule has 1 unspecified atom stereocenters. The fraction of sp³-hybridized carbons (Fsp3) is 0.556. The lowest BCUT2D eigenvalue weighted by Gasteiger charge is -2.33. The molecule has 0 radical (unpaired) electrons. The van der Waals surface area contributed by atoms with Crippen LogP contribution in [-0.2, 0) is 0 Å². The van der Waals surface area contributed by atoms with Gasteiger partial charge in [0, 0.05) is 30.3 Å². The van der Waals surface area contributed by atoms with Gasteiger partial charge in [-0.25, -0.2) is 10.8 Å². The molecule has 6 heteroatoms. The number of nitrogens with one attached hydrogen (secondary N) is 1. The number of nitrogen functional groups attached to an aromatic ring is 1. The maximum absolute atomic E-state index is 5.29. The molecule has 82 valence electrons. The number of rotatable bonds is 2. The fourth-order valence-corrected chi connectivity index (χ4v) is 2.66. The SMILES string of the molecule is CC1CSCCN1c1ccnc(NN)n1. The predicted molar refractivity (Wildman–Crippen MR) is 64.0 cm³/mol. The number of hydrogen-bond donors (Lipinski definition) is 2. The lowest BCUT2D eigenvalue weighted by atomic mass is 10.3. The lowest BCUT2D eigenvalue weighted by molar-refractivity contribution is 0.689. The molecule has 3 N–H and O–H groups in total. The summed E-state index contributed by atoms with van der Waals surface area (Å²) in [5.74, 6) is 9.01. The average Bonchev–Trinajstić information content (AvgIpc) is 2.30. The van der Waals surface area contributed by atoms with E-state index in [0.29, 0.717) is 12.0 Å². The van der Waals surface area contributed by atoms with E-state index in [1.54, 1.807) is 6.20 Å². The molecule has 1 aromatic rings. The second-order valence-corrected chi connectivity index (χ2v) is 4.65. The normalized spacial score (nSPS) is 21.5. The van der Waals surface area contributed by atoms with Crippen molar-refractivity contribution in [2.75, 3.05) is 28.4 Å². The third-order valence-corrected chi connectivity index (χ3v) is 3.62. The minimum atomic E-state index is 0.470. The quantitative estimate of drug-likeness (QED) is 0.570. The highest BCUT2D eigenvalue weighted by Gasteiger charge is 2.19. The summed E-state index contributed by atoms with van der Waals surface area (Å²) in [4.78, 5) is 10.6. The van der Waals surface area contributed by atoms with E-state index in [4.69, 9.17) is 5.84 Å². The highest BCUT2D eigenvalue weighted by Crippen LogP contribution is 2.22. The van der Waals surface area contributed by atoms with Gasteiger partial charge in [-0.3, -0.25) is 5.43 Å². The van der Waals surface area contributed by atoms with Gasteiger partial charge in [-0.2, -0.15) is 16.7 Å². The van der Waals surface area contributed by atoms with E-state index in [-0.39, 0.29) is 0 Å². The first-order chi connectivity index (χ1) is 7.31. The molecule has 2 rings (SSSR count). The van der Waals surface area contributed by atoms with Crippen molar-refractivity contribution < 1.29 is 0 Å². The van der Waals surface area contributed by atoms with Crippen molar-refractivity contribution in [3.05, 3.63) is 12.3 Å². The highest BCUT2D eigenvalue weighted by atomic mass is 32.2. The molecular formula is C9H15N5S. The van der Waals surface area contributed by atoms with Gasteiger partial charge in [0.15, 0.2) is 0 Å². The molecule has 0 spiro atoms. The Morgan fingerprint density at radius 3 is 3.27 bits per heavy atom. The topological polar surface area (TPSA) is 67.1 Å². The molecule has 2 heterocycles. The Hall–Kier alpha value is -1.01. The second kappa shape index (κ2) is 4.67. The largest absolute Gasteiger partial charge is 0.352 e.